The minimum absolute atomic E-state index is 0. The Labute approximate surface area is 149 Å². The second kappa shape index (κ2) is 10.2. The van der Waals surface area contributed by atoms with Gasteiger partial charge in [0.1, 0.15) is 0 Å². The van der Waals surface area contributed by atoms with Crippen molar-refractivity contribution in [1.82, 2.24) is 25.8 Å². The number of hydrogen-bond acceptors (Lipinski definition) is 5. The number of piperazine rings is 1. The van der Waals surface area contributed by atoms with E-state index in [1.807, 2.05) is 32.2 Å². The molecule has 2 rings (SSSR count). The lowest BCUT2D eigenvalue weighted by Gasteiger charge is -2.35. The highest BCUT2D eigenvalue weighted by atomic mass is 35.5. The van der Waals surface area contributed by atoms with Gasteiger partial charge in [0, 0.05) is 44.6 Å². The van der Waals surface area contributed by atoms with Crippen LogP contribution < -0.4 is 16.0 Å². The van der Waals surface area contributed by atoms with Gasteiger partial charge < -0.3 is 10.6 Å². The van der Waals surface area contributed by atoms with Crippen molar-refractivity contribution < 1.29 is 9.59 Å². The van der Waals surface area contributed by atoms with Gasteiger partial charge in [0.2, 0.25) is 5.91 Å². The van der Waals surface area contributed by atoms with Crippen LogP contribution in [0.25, 0.3) is 0 Å². The summed E-state index contributed by atoms with van der Waals surface area (Å²) in [5.41, 5.74) is 1.07. The van der Waals surface area contributed by atoms with Crippen LogP contribution in [-0.4, -0.2) is 54.5 Å². The van der Waals surface area contributed by atoms with Crippen LogP contribution in [0.15, 0.2) is 24.5 Å². The van der Waals surface area contributed by atoms with Gasteiger partial charge in [-0.2, -0.15) is 0 Å². The van der Waals surface area contributed by atoms with Crippen LogP contribution >= 0.6 is 12.4 Å². The maximum atomic E-state index is 12.1. The van der Waals surface area contributed by atoms with Gasteiger partial charge in [0.15, 0.2) is 0 Å². The molecule has 1 fully saturated rings. The fourth-order valence-corrected chi connectivity index (χ4v) is 2.53. The molecule has 134 valence electrons. The molecular formula is C16H26ClN5O2. The number of imide groups is 1. The van der Waals surface area contributed by atoms with Crippen molar-refractivity contribution in [2.24, 2.45) is 5.92 Å². The van der Waals surface area contributed by atoms with Crippen LogP contribution in [0.4, 0.5) is 4.79 Å². The van der Waals surface area contributed by atoms with Gasteiger partial charge in [-0.25, -0.2) is 4.79 Å². The predicted molar refractivity (Wildman–Crippen MR) is 95.0 cm³/mol. The quantitative estimate of drug-likeness (QED) is 0.731. The number of nitrogens with zero attached hydrogens (tertiary/aromatic N) is 2. The average Bonchev–Trinajstić information content (AvgIpc) is 2.54. The molecule has 0 aromatic carbocycles. The minimum atomic E-state index is -0.434. The van der Waals surface area contributed by atoms with E-state index >= 15 is 0 Å². The first kappa shape index (κ1) is 20.3. The van der Waals surface area contributed by atoms with E-state index < -0.39 is 6.03 Å². The highest BCUT2D eigenvalue weighted by molar-refractivity contribution is 5.95. The van der Waals surface area contributed by atoms with Crippen LogP contribution in [0.1, 0.15) is 25.5 Å². The molecular weight excluding hydrogens is 330 g/mol. The number of urea groups is 1. The topological polar surface area (TPSA) is 86.4 Å². The number of hydrogen-bond donors (Lipinski definition) is 3. The zero-order valence-corrected chi connectivity index (χ0v) is 14.9. The van der Waals surface area contributed by atoms with Crippen LogP contribution in [-0.2, 0) is 4.79 Å². The summed E-state index contributed by atoms with van der Waals surface area (Å²) in [6.45, 7) is 7.08. The fourth-order valence-electron chi connectivity index (χ4n) is 2.53. The third-order valence-electron chi connectivity index (χ3n) is 3.69. The molecule has 1 unspecified atom stereocenters. The van der Waals surface area contributed by atoms with Gasteiger partial charge in [0.25, 0.3) is 0 Å². The second-order valence-corrected chi connectivity index (χ2v) is 6.13. The first-order valence-electron chi connectivity index (χ1n) is 7.98. The number of carbonyl (C=O) groups excluding carboxylic acids is 2. The van der Waals surface area contributed by atoms with Crippen LogP contribution in [0, 0.1) is 5.92 Å². The van der Waals surface area contributed by atoms with Gasteiger partial charge >= 0.3 is 6.03 Å². The van der Waals surface area contributed by atoms with Crippen molar-refractivity contribution in [3.63, 3.8) is 0 Å². The molecule has 0 spiro atoms. The van der Waals surface area contributed by atoms with E-state index in [9.17, 15) is 9.59 Å². The molecule has 3 N–H and O–H groups in total. The van der Waals surface area contributed by atoms with Crippen LogP contribution in [0.5, 0.6) is 0 Å². The molecule has 1 aliphatic rings. The highest BCUT2D eigenvalue weighted by Gasteiger charge is 2.26. The van der Waals surface area contributed by atoms with E-state index in [0.717, 1.165) is 25.2 Å². The fraction of sp³-hybridized carbons (Fsp3) is 0.562. The summed E-state index contributed by atoms with van der Waals surface area (Å²) in [5.74, 6) is 0.0565. The summed E-state index contributed by atoms with van der Waals surface area (Å²) >= 11 is 0. The Hall–Kier alpha value is -1.70. The maximum absolute atomic E-state index is 12.1. The third kappa shape index (κ3) is 6.43. The minimum Gasteiger partial charge on any atom is -0.338 e. The van der Waals surface area contributed by atoms with E-state index in [0.29, 0.717) is 12.5 Å². The maximum Gasteiger partial charge on any atom is 0.321 e. The number of pyridine rings is 1. The summed E-state index contributed by atoms with van der Waals surface area (Å²) in [7, 11) is 0. The number of rotatable bonds is 5. The summed E-state index contributed by atoms with van der Waals surface area (Å²) in [6, 6.07) is 3.55. The molecule has 1 aromatic rings. The standard InChI is InChI=1S/C16H25N5O2.ClH/c1-12(2)8-19-16(23)20-15(22)11-21-7-6-18-10-14(21)13-4-3-5-17-9-13;/h3-5,9,12,14,18H,6-8,10-11H2,1-2H3,(H2,19,20,22,23);1H. The molecule has 0 bridgehead atoms. The lowest BCUT2D eigenvalue weighted by Crippen LogP contribution is -2.51. The zero-order chi connectivity index (χ0) is 16.7. The SMILES string of the molecule is CC(C)CNC(=O)NC(=O)CN1CCNCC1c1cccnc1.Cl. The van der Waals surface area contributed by atoms with Gasteiger partial charge in [-0.05, 0) is 17.5 Å². The summed E-state index contributed by atoms with van der Waals surface area (Å²) in [5, 5.41) is 8.40. The third-order valence-corrected chi connectivity index (χ3v) is 3.69. The predicted octanol–water partition coefficient (Wildman–Crippen LogP) is 0.931. The lowest BCUT2D eigenvalue weighted by atomic mass is 10.1. The van der Waals surface area contributed by atoms with E-state index in [2.05, 4.69) is 25.8 Å². The first-order chi connectivity index (χ1) is 11.1. The molecule has 8 heteroatoms. The molecule has 24 heavy (non-hydrogen) atoms. The molecule has 1 aliphatic heterocycles. The van der Waals surface area contributed by atoms with E-state index in [-0.39, 0.29) is 30.9 Å². The largest absolute Gasteiger partial charge is 0.338 e. The summed E-state index contributed by atoms with van der Waals surface area (Å²) in [4.78, 5) is 30.0. The monoisotopic (exact) mass is 355 g/mol. The Kier molecular flexibility index (Phi) is 8.67. The first-order valence-corrected chi connectivity index (χ1v) is 7.98. The van der Waals surface area contributed by atoms with Crippen molar-refractivity contribution in [1.29, 1.82) is 0 Å². The zero-order valence-electron chi connectivity index (χ0n) is 14.1. The van der Waals surface area contributed by atoms with Gasteiger partial charge in [-0.1, -0.05) is 19.9 Å². The molecule has 0 aliphatic carbocycles. The van der Waals surface area contributed by atoms with Crippen molar-refractivity contribution in [2.75, 3.05) is 32.7 Å². The molecule has 0 radical (unpaired) electrons. The van der Waals surface area contributed by atoms with Crippen LogP contribution in [0.3, 0.4) is 0 Å². The van der Waals surface area contributed by atoms with Gasteiger partial charge in [0.05, 0.1) is 6.54 Å². The Bertz CT molecular complexity index is 526. The molecule has 1 saturated heterocycles. The van der Waals surface area contributed by atoms with E-state index in [1.54, 1.807) is 6.20 Å². The molecule has 1 aromatic heterocycles. The molecule has 1 atom stereocenters. The van der Waals surface area contributed by atoms with E-state index in [1.165, 1.54) is 0 Å². The normalized spacial score (nSPS) is 17.9. The Morgan fingerprint density at radius 2 is 2.25 bits per heavy atom. The molecule has 3 amide bonds. The van der Waals surface area contributed by atoms with Crippen molar-refractivity contribution in [3.05, 3.63) is 30.1 Å². The van der Waals surface area contributed by atoms with Gasteiger partial charge in [-0.15, -0.1) is 12.4 Å². The highest BCUT2D eigenvalue weighted by Crippen LogP contribution is 2.20. The molecule has 7 nitrogen and oxygen atoms in total. The Balaban J connectivity index is 0.00000288. The number of nitrogens with one attached hydrogen (secondary N) is 3. The van der Waals surface area contributed by atoms with Crippen molar-refractivity contribution >= 4 is 24.3 Å². The number of amides is 3. The number of halogens is 1. The summed E-state index contributed by atoms with van der Waals surface area (Å²) in [6.07, 6.45) is 3.55. The van der Waals surface area contributed by atoms with Gasteiger partial charge in [-0.3, -0.25) is 20.0 Å². The molecule has 0 saturated carbocycles. The van der Waals surface area contributed by atoms with Crippen molar-refractivity contribution in [3.8, 4) is 0 Å². The smallest absolute Gasteiger partial charge is 0.321 e. The summed E-state index contributed by atoms with van der Waals surface area (Å²) < 4.78 is 0. The Morgan fingerprint density at radius 1 is 1.46 bits per heavy atom. The number of aromatic nitrogens is 1. The van der Waals surface area contributed by atoms with E-state index in [4.69, 9.17) is 0 Å². The van der Waals surface area contributed by atoms with Crippen molar-refractivity contribution in [2.45, 2.75) is 19.9 Å². The molecule has 2 heterocycles. The number of carbonyl (C=O) groups is 2. The van der Waals surface area contributed by atoms with Crippen LogP contribution in [0.2, 0.25) is 0 Å². The second-order valence-electron chi connectivity index (χ2n) is 6.13. The Morgan fingerprint density at radius 3 is 2.92 bits per heavy atom. The lowest BCUT2D eigenvalue weighted by molar-refractivity contribution is -0.122. The average molecular weight is 356 g/mol.